The van der Waals surface area contributed by atoms with Crippen LogP contribution < -0.4 is 0 Å². The smallest absolute Gasteiger partial charge is 0.303 e. The Balaban J connectivity index is 2.14. The minimum atomic E-state index is -4.27. The largest absolute Gasteiger partial charge is 0.463 e. The summed E-state index contributed by atoms with van der Waals surface area (Å²) in [5.41, 5.74) is -1.43. The van der Waals surface area contributed by atoms with Crippen molar-refractivity contribution in [2.24, 2.45) is 0 Å². The predicted octanol–water partition coefficient (Wildman–Crippen LogP) is -0.118. The quantitative estimate of drug-likeness (QED) is 0.440. The second-order valence-electron chi connectivity index (χ2n) is 7.76. The SMILES string of the molecule is CC(=O)OC[C@]1(O)[C@@H](OC(C)=O)[C@@H](OC(C)=O)[C@@H]2OC[C@H]1N2S(=O)(=O)c1ccc(C)cc1. The van der Waals surface area contributed by atoms with Crippen LogP contribution in [0.25, 0.3) is 0 Å². The molecular formula is C20H25NO10S. The molecule has 0 spiro atoms. The number of fused-ring (bicyclic) bond motifs is 2. The van der Waals surface area contributed by atoms with Gasteiger partial charge in [-0.1, -0.05) is 17.7 Å². The number of carbonyl (C=O) groups excluding carboxylic acids is 3. The lowest BCUT2D eigenvalue weighted by Gasteiger charge is -2.49. The summed E-state index contributed by atoms with van der Waals surface area (Å²) in [7, 11) is -4.27. The topological polar surface area (TPSA) is 146 Å². The summed E-state index contributed by atoms with van der Waals surface area (Å²) >= 11 is 0. The van der Waals surface area contributed by atoms with Gasteiger partial charge in [0, 0.05) is 20.8 Å². The molecule has 1 N–H and O–H groups in total. The third-order valence-corrected chi connectivity index (χ3v) is 7.22. The average molecular weight is 471 g/mol. The van der Waals surface area contributed by atoms with Crippen LogP contribution in [0.4, 0.5) is 0 Å². The Morgan fingerprint density at radius 3 is 2.22 bits per heavy atom. The molecule has 2 aliphatic rings. The highest BCUT2D eigenvalue weighted by molar-refractivity contribution is 7.89. The minimum Gasteiger partial charge on any atom is -0.463 e. The second kappa shape index (κ2) is 8.77. The van der Waals surface area contributed by atoms with Crippen molar-refractivity contribution in [3.05, 3.63) is 29.8 Å². The highest BCUT2D eigenvalue weighted by Crippen LogP contribution is 2.44. The van der Waals surface area contributed by atoms with E-state index in [1.165, 1.54) is 12.1 Å². The Morgan fingerprint density at radius 2 is 1.69 bits per heavy atom. The normalized spacial score (nSPS) is 29.9. The highest BCUT2D eigenvalue weighted by Gasteiger charge is 2.68. The number of aryl methyl sites for hydroxylation is 1. The first-order valence-corrected chi connectivity index (χ1v) is 11.2. The third-order valence-electron chi connectivity index (χ3n) is 5.33. The van der Waals surface area contributed by atoms with Gasteiger partial charge in [-0.25, -0.2) is 8.42 Å². The maximum atomic E-state index is 13.5. The van der Waals surface area contributed by atoms with E-state index in [0.717, 1.165) is 30.6 Å². The third kappa shape index (κ3) is 4.35. The molecule has 0 radical (unpaired) electrons. The van der Waals surface area contributed by atoms with Crippen LogP contribution in [0.5, 0.6) is 0 Å². The van der Waals surface area contributed by atoms with Gasteiger partial charge < -0.3 is 24.1 Å². The van der Waals surface area contributed by atoms with Crippen molar-refractivity contribution in [3.8, 4) is 0 Å². The summed E-state index contributed by atoms with van der Waals surface area (Å²) in [5, 5.41) is 11.6. The molecule has 1 aromatic carbocycles. The molecule has 2 bridgehead atoms. The lowest BCUT2D eigenvalue weighted by atomic mass is 9.82. The van der Waals surface area contributed by atoms with Crippen molar-refractivity contribution >= 4 is 27.9 Å². The zero-order valence-electron chi connectivity index (χ0n) is 18.0. The lowest BCUT2D eigenvalue weighted by Crippen LogP contribution is -2.73. The van der Waals surface area contributed by atoms with Crippen LogP contribution >= 0.6 is 0 Å². The number of hydrogen-bond donors (Lipinski definition) is 1. The van der Waals surface area contributed by atoms with Gasteiger partial charge in [-0.15, -0.1) is 0 Å². The number of piperidine rings is 1. The van der Waals surface area contributed by atoms with Gasteiger partial charge >= 0.3 is 17.9 Å². The predicted molar refractivity (Wildman–Crippen MR) is 106 cm³/mol. The summed E-state index contributed by atoms with van der Waals surface area (Å²) in [4.78, 5) is 35.0. The first kappa shape index (κ1) is 24.1. The average Bonchev–Trinajstić information content (AvgIpc) is 3.11. The molecule has 0 unspecified atom stereocenters. The van der Waals surface area contributed by atoms with Crippen molar-refractivity contribution < 1.29 is 46.9 Å². The summed E-state index contributed by atoms with van der Waals surface area (Å²) in [6.07, 6.45) is -4.45. The molecule has 0 saturated carbocycles. The van der Waals surface area contributed by atoms with E-state index in [0.29, 0.717) is 0 Å². The molecule has 176 valence electrons. The summed E-state index contributed by atoms with van der Waals surface area (Å²) < 4.78 is 49.1. The van der Waals surface area contributed by atoms with Crippen molar-refractivity contribution in [1.82, 2.24) is 4.31 Å². The van der Waals surface area contributed by atoms with Crippen LogP contribution in [-0.2, 0) is 43.4 Å². The molecule has 0 amide bonds. The van der Waals surface area contributed by atoms with Gasteiger partial charge in [0.25, 0.3) is 0 Å². The Labute approximate surface area is 185 Å². The zero-order chi connectivity index (χ0) is 23.8. The molecule has 2 aliphatic heterocycles. The molecule has 5 atom stereocenters. The van der Waals surface area contributed by atoms with E-state index < -0.39 is 64.6 Å². The van der Waals surface area contributed by atoms with Crippen LogP contribution in [0.15, 0.2) is 29.2 Å². The lowest BCUT2D eigenvalue weighted by molar-refractivity contribution is -0.236. The van der Waals surface area contributed by atoms with Crippen molar-refractivity contribution in [1.29, 1.82) is 0 Å². The molecule has 1 aromatic rings. The maximum absolute atomic E-state index is 13.5. The number of benzene rings is 1. The van der Waals surface area contributed by atoms with Crippen LogP contribution in [0.3, 0.4) is 0 Å². The number of aliphatic hydroxyl groups is 1. The number of nitrogens with zero attached hydrogens (tertiary/aromatic N) is 1. The number of ether oxygens (including phenoxy) is 4. The fourth-order valence-electron chi connectivity index (χ4n) is 3.93. The summed E-state index contributed by atoms with van der Waals surface area (Å²) in [6, 6.07) is 4.71. The first-order chi connectivity index (χ1) is 14.9. The van der Waals surface area contributed by atoms with Gasteiger partial charge in [-0.05, 0) is 19.1 Å². The van der Waals surface area contributed by atoms with Crippen molar-refractivity contribution in [2.75, 3.05) is 13.2 Å². The van der Waals surface area contributed by atoms with Crippen LogP contribution in [-0.4, -0.2) is 79.0 Å². The second-order valence-corrected chi connectivity index (χ2v) is 9.61. The summed E-state index contributed by atoms with van der Waals surface area (Å²) in [5.74, 6) is -2.38. The van der Waals surface area contributed by atoms with Gasteiger partial charge in [0.2, 0.25) is 10.0 Å². The first-order valence-electron chi connectivity index (χ1n) is 9.80. The molecule has 0 aromatic heterocycles. The molecule has 2 heterocycles. The zero-order valence-corrected chi connectivity index (χ0v) is 18.8. The van der Waals surface area contributed by atoms with Crippen LogP contribution in [0.2, 0.25) is 0 Å². The molecule has 12 heteroatoms. The van der Waals surface area contributed by atoms with E-state index in [4.69, 9.17) is 18.9 Å². The molecular weight excluding hydrogens is 446 g/mol. The maximum Gasteiger partial charge on any atom is 0.303 e. The van der Waals surface area contributed by atoms with Crippen molar-refractivity contribution in [3.63, 3.8) is 0 Å². The number of hydrogen-bond acceptors (Lipinski definition) is 10. The van der Waals surface area contributed by atoms with E-state index in [1.807, 2.05) is 0 Å². The standard InChI is InChI=1S/C20H25NO10S/c1-11-5-7-15(8-6-11)32(26,27)21-16-9-28-19(21)17(30-13(3)23)18(31-14(4)24)20(16,25)10-29-12(2)22/h5-8,16-19,25H,9-10H2,1-4H3/t16-,17-,18+,19+,20-/m1/s1. The fourth-order valence-corrected chi connectivity index (χ4v) is 5.69. The molecule has 2 saturated heterocycles. The Hall–Kier alpha value is -2.54. The summed E-state index contributed by atoms with van der Waals surface area (Å²) in [6.45, 7) is 4.01. The van der Waals surface area contributed by atoms with E-state index in [-0.39, 0.29) is 11.5 Å². The van der Waals surface area contributed by atoms with Gasteiger partial charge in [0.15, 0.2) is 24.0 Å². The van der Waals surface area contributed by atoms with Gasteiger partial charge in [-0.3, -0.25) is 14.4 Å². The molecule has 11 nitrogen and oxygen atoms in total. The number of rotatable bonds is 6. The number of carbonyl (C=O) groups is 3. The molecule has 2 fully saturated rings. The van der Waals surface area contributed by atoms with Crippen LogP contribution in [0, 0.1) is 6.92 Å². The Bertz CT molecular complexity index is 1010. The van der Waals surface area contributed by atoms with Gasteiger partial charge in [0.05, 0.1) is 17.5 Å². The fraction of sp³-hybridized carbons (Fsp3) is 0.550. The van der Waals surface area contributed by atoms with Gasteiger partial charge in [-0.2, -0.15) is 4.31 Å². The van der Waals surface area contributed by atoms with E-state index in [2.05, 4.69) is 0 Å². The molecule has 3 rings (SSSR count). The molecule has 32 heavy (non-hydrogen) atoms. The van der Waals surface area contributed by atoms with E-state index >= 15 is 0 Å². The Morgan fingerprint density at radius 1 is 1.09 bits per heavy atom. The number of sulfonamides is 1. The minimum absolute atomic E-state index is 0.0778. The van der Waals surface area contributed by atoms with E-state index in [9.17, 15) is 27.9 Å². The van der Waals surface area contributed by atoms with E-state index in [1.54, 1.807) is 19.1 Å². The monoisotopic (exact) mass is 471 g/mol. The van der Waals surface area contributed by atoms with Crippen molar-refractivity contribution in [2.45, 2.75) is 62.7 Å². The highest BCUT2D eigenvalue weighted by atomic mass is 32.2. The molecule has 0 aliphatic carbocycles. The van der Waals surface area contributed by atoms with Gasteiger partial charge in [0.1, 0.15) is 6.61 Å². The number of esters is 3. The Kier molecular flexibility index (Phi) is 6.61. The van der Waals surface area contributed by atoms with Crippen LogP contribution in [0.1, 0.15) is 26.3 Å².